The highest BCUT2D eigenvalue weighted by molar-refractivity contribution is 6.15. The minimum Gasteiger partial charge on any atom is -0.479 e. The van der Waals surface area contributed by atoms with Gasteiger partial charge in [0, 0.05) is 24.9 Å². The Morgan fingerprint density at radius 3 is 2.81 bits per heavy atom. The lowest BCUT2D eigenvalue weighted by Crippen LogP contribution is -2.43. The zero-order chi connectivity index (χ0) is 19.7. The van der Waals surface area contributed by atoms with Crippen molar-refractivity contribution in [1.82, 2.24) is 4.90 Å². The second-order valence-electron chi connectivity index (χ2n) is 6.53. The zero-order valence-electron chi connectivity index (χ0n) is 15.2. The molecule has 3 rings (SSSR count). The first kappa shape index (κ1) is 18.6. The third kappa shape index (κ3) is 3.81. The lowest BCUT2D eigenvalue weighted by molar-refractivity contribution is -0.130. The smallest absolute Gasteiger partial charge is 0.349 e. The molecule has 0 aromatic heterocycles. The number of imide groups is 1. The first-order valence-electron chi connectivity index (χ1n) is 8.54. The summed E-state index contributed by atoms with van der Waals surface area (Å²) in [7, 11) is 1.37. The monoisotopic (exact) mass is 372 g/mol. The van der Waals surface area contributed by atoms with E-state index in [0.717, 1.165) is 4.90 Å². The summed E-state index contributed by atoms with van der Waals surface area (Å²) < 4.78 is 5.47. The van der Waals surface area contributed by atoms with Gasteiger partial charge >= 0.3 is 6.03 Å². The highest BCUT2D eigenvalue weighted by atomic mass is 16.5. The molecular weight excluding hydrogens is 352 g/mol. The molecule has 27 heavy (non-hydrogen) atoms. The van der Waals surface area contributed by atoms with Gasteiger partial charge in [-0.05, 0) is 38.5 Å². The summed E-state index contributed by atoms with van der Waals surface area (Å²) in [6.45, 7) is 3.26. The van der Waals surface area contributed by atoms with Gasteiger partial charge in [0.1, 0.15) is 5.75 Å². The van der Waals surface area contributed by atoms with Crippen LogP contribution >= 0.6 is 0 Å². The number of amides is 5. The Hall–Kier alpha value is -3.23. The van der Waals surface area contributed by atoms with Crippen LogP contribution < -0.4 is 15.4 Å². The van der Waals surface area contributed by atoms with Crippen LogP contribution in [0.4, 0.5) is 16.2 Å². The normalized spacial score (nSPS) is 21.8. The van der Waals surface area contributed by atoms with Gasteiger partial charge in [-0.2, -0.15) is 0 Å². The van der Waals surface area contributed by atoms with E-state index in [1.54, 1.807) is 32.0 Å². The number of fused-ring (bicyclic) bond motifs is 1. The van der Waals surface area contributed by atoms with Crippen LogP contribution in [0.5, 0.6) is 5.75 Å². The molecule has 1 aromatic rings. The maximum absolute atomic E-state index is 12.2. The van der Waals surface area contributed by atoms with E-state index in [1.165, 1.54) is 7.05 Å². The molecule has 2 N–H and O–H groups in total. The van der Waals surface area contributed by atoms with Gasteiger partial charge in [0.15, 0.2) is 6.10 Å². The van der Waals surface area contributed by atoms with Crippen molar-refractivity contribution in [3.63, 3.8) is 0 Å². The maximum Gasteiger partial charge on any atom is 0.349 e. The van der Waals surface area contributed by atoms with Gasteiger partial charge in [-0.1, -0.05) is 0 Å². The Balaban J connectivity index is 1.61. The first-order valence-corrected chi connectivity index (χ1v) is 8.54. The van der Waals surface area contributed by atoms with Crippen LogP contribution in [0.15, 0.2) is 23.2 Å². The number of carbonyl (C=O) groups excluding carboxylic acids is 4. The van der Waals surface area contributed by atoms with Crippen molar-refractivity contribution in [1.29, 1.82) is 0 Å². The first-order chi connectivity index (χ1) is 12.8. The van der Waals surface area contributed by atoms with Crippen LogP contribution in [0.1, 0.15) is 26.7 Å². The molecule has 5 amide bonds. The Morgan fingerprint density at radius 1 is 1.33 bits per heavy atom. The topological polar surface area (TPSA) is 117 Å². The number of hydrogen-bond acceptors (Lipinski definition) is 5. The highest BCUT2D eigenvalue weighted by Gasteiger charge is 2.33. The molecule has 0 saturated heterocycles. The predicted molar refractivity (Wildman–Crippen MR) is 97.8 cm³/mol. The molecule has 0 radical (unpaired) electrons. The van der Waals surface area contributed by atoms with Gasteiger partial charge in [0.05, 0.1) is 11.6 Å². The van der Waals surface area contributed by atoms with Gasteiger partial charge in [-0.25, -0.2) is 9.79 Å². The standard InChI is InChI=1S/C18H20N4O5/c1-9-12(17(25)22(3)18(26)19-9)5-7-15(23)20-11-4-6-14-13(8-11)21-16(24)10(2)27-14/h4,6,8,10,12H,5,7H2,1-3H3,(H,20,23)(H,21,24). The van der Waals surface area contributed by atoms with Crippen LogP contribution in [0.25, 0.3) is 0 Å². The number of aliphatic imine (C=N–C) groups is 1. The van der Waals surface area contributed by atoms with Crippen molar-refractivity contribution in [2.24, 2.45) is 10.9 Å². The number of urea groups is 1. The Bertz CT molecular complexity index is 863. The van der Waals surface area contributed by atoms with E-state index in [2.05, 4.69) is 15.6 Å². The molecule has 2 atom stereocenters. The van der Waals surface area contributed by atoms with Crippen LogP contribution in [-0.2, 0) is 14.4 Å². The number of nitrogens with one attached hydrogen (secondary N) is 2. The Labute approximate surface area is 155 Å². The van der Waals surface area contributed by atoms with Gasteiger partial charge in [-0.15, -0.1) is 0 Å². The number of carbonyl (C=O) groups is 4. The quantitative estimate of drug-likeness (QED) is 0.836. The van der Waals surface area contributed by atoms with E-state index in [4.69, 9.17) is 4.74 Å². The number of ether oxygens (including phenoxy) is 1. The second kappa shape index (κ2) is 7.18. The van der Waals surface area contributed by atoms with Crippen LogP contribution in [-0.4, -0.2) is 47.5 Å². The van der Waals surface area contributed by atoms with Gasteiger partial charge < -0.3 is 15.4 Å². The summed E-state index contributed by atoms with van der Waals surface area (Å²) in [5.74, 6) is -0.951. The Morgan fingerprint density at radius 2 is 2.07 bits per heavy atom. The minimum atomic E-state index is -0.592. The summed E-state index contributed by atoms with van der Waals surface area (Å²) in [6.07, 6.45) is -0.233. The van der Waals surface area contributed by atoms with Gasteiger partial charge in [-0.3, -0.25) is 19.3 Å². The molecule has 2 aliphatic rings. The summed E-state index contributed by atoms with van der Waals surface area (Å²) in [4.78, 5) is 52.4. The third-order valence-corrected chi connectivity index (χ3v) is 4.55. The van der Waals surface area contributed by atoms with Crippen LogP contribution in [0.3, 0.4) is 0 Å². The fourth-order valence-electron chi connectivity index (χ4n) is 2.93. The lowest BCUT2D eigenvalue weighted by Gasteiger charge is -2.25. The number of rotatable bonds is 4. The highest BCUT2D eigenvalue weighted by Crippen LogP contribution is 2.32. The summed E-state index contributed by atoms with van der Waals surface area (Å²) in [6, 6.07) is 4.36. The van der Waals surface area contributed by atoms with E-state index in [1.807, 2.05) is 0 Å². The van der Waals surface area contributed by atoms with Gasteiger partial charge in [0.2, 0.25) is 11.8 Å². The fourth-order valence-corrected chi connectivity index (χ4v) is 2.93. The number of nitrogens with zero attached hydrogens (tertiary/aromatic N) is 2. The van der Waals surface area contributed by atoms with Crippen molar-refractivity contribution < 1.29 is 23.9 Å². The molecule has 9 heteroatoms. The molecule has 0 saturated carbocycles. The lowest BCUT2D eigenvalue weighted by atomic mass is 9.95. The molecule has 0 bridgehead atoms. The fraction of sp³-hybridized carbons (Fsp3) is 0.389. The van der Waals surface area contributed by atoms with E-state index < -0.39 is 18.1 Å². The van der Waals surface area contributed by atoms with Crippen molar-refractivity contribution in [3.05, 3.63) is 18.2 Å². The zero-order valence-corrected chi connectivity index (χ0v) is 15.2. The molecule has 0 fully saturated rings. The molecule has 2 heterocycles. The summed E-state index contributed by atoms with van der Waals surface area (Å²) in [5, 5.41) is 5.44. The van der Waals surface area contributed by atoms with E-state index in [9.17, 15) is 19.2 Å². The molecule has 2 unspecified atom stereocenters. The van der Waals surface area contributed by atoms with Crippen molar-refractivity contribution in [3.8, 4) is 5.75 Å². The second-order valence-corrected chi connectivity index (χ2v) is 6.53. The third-order valence-electron chi connectivity index (χ3n) is 4.55. The van der Waals surface area contributed by atoms with Crippen molar-refractivity contribution in [2.45, 2.75) is 32.8 Å². The largest absolute Gasteiger partial charge is 0.479 e. The molecule has 1 aromatic carbocycles. The predicted octanol–water partition coefficient (Wildman–Crippen LogP) is 1.79. The molecule has 2 aliphatic heterocycles. The van der Waals surface area contributed by atoms with Crippen LogP contribution in [0, 0.1) is 5.92 Å². The van der Waals surface area contributed by atoms with Gasteiger partial charge in [0.25, 0.3) is 5.91 Å². The average molecular weight is 372 g/mol. The molecular formula is C18H20N4O5. The number of anilines is 2. The van der Waals surface area contributed by atoms with Crippen molar-refractivity contribution in [2.75, 3.05) is 17.7 Å². The Kier molecular flexibility index (Phi) is 4.93. The number of benzene rings is 1. The summed E-state index contributed by atoms with van der Waals surface area (Å²) in [5.41, 5.74) is 1.41. The van der Waals surface area contributed by atoms with Crippen molar-refractivity contribution >= 4 is 40.8 Å². The summed E-state index contributed by atoms with van der Waals surface area (Å²) >= 11 is 0. The molecule has 0 aliphatic carbocycles. The minimum absolute atomic E-state index is 0.0856. The van der Waals surface area contributed by atoms with Crippen LogP contribution in [0.2, 0.25) is 0 Å². The maximum atomic E-state index is 12.2. The molecule has 142 valence electrons. The SMILES string of the molecule is CC1=NC(=O)N(C)C(=O)C1CCC(=O)Nc1ccc2c(c1)NC(=O)C(C)O2. The van der Waals surface area contributed by atoms with E-state index >= 15 is 0 Å². The van der Waals surface area contributed by atoms with E-state index in [-0.39, 0.29) is 30.6 Å². The molecule has 0 spiro atoms. The molecule has 9 nitrogen and oxygen atoms in total. The number of hydrogen-bond donors (Lipinski definition) is 2. The van der Waals surface area contributed by atoms with E-state index in [0.29, 0.717) is 22.8 Å². The average Bonchev–Trinajstić information content (AvgIpc) is 2.61.